The van der Waals surface area contributed by atoms with Crippen LogP contribution in [0.4, 0.5) is 4.39 Å². The molecule has 0 bridgehead atoms. The van der Waals surface area contributed by atoms with E-state index in [1.807, 2.05) is 0 Å². The number of hydrogen-bond acceptors (Lipinski definition) is 5. The molecular formula is C20H22FN5O4. The lowest BCUT2D eigenvalue weighted by Gasteiger charge is -2.27. The Balaban J connectivity index is 1.38. The highest BCUT2D eigenvalue weighted by molar-refractivity contribution is 5.94. The summed E-state index contributed by atoms with van der Waals surface area (Å²) in [6.45, 7) is 1.74. The first kappa shape index (κ1) is 19.9. The molecule has 2 aliphatic rings. The molecule has 0 spiro atoms. The molecule has 4 rings (SSSR count). The van der Waals surface area contributed by atoms with Gasteiger partial charge in [-0.25, -0.2) is 4.39 Å². The van der Waals surface area contributed by atoms with Gasteiger partial charge in [-0.3, -0.25) is 19.5 Å². The molecule has 2 N–H and O–H groups in total. The number of amides is 3. The number of hydrogen-bond donors (Lipinski definition) is 2. The Kier molecular flexibility index (Phi) is 5.64. The van der Waals surface area contributed by atoms with Gasteiger partial charge in [0.1, 0.15) is 11.6 Å². The van der Waals surface area contributed by atoms with Crippen LogP contribution < -0.4 is 10.1 Å². The van der Waals surface area contributed by atoms with Crippen LogP contribution >= 0.6 is 0 Å². The largest absolute Gasteiger partial charge is 0.484 e. The van der Waals surface area contributed by atoms with Gasteiger partial charge in [0.15, 0.2) is 12.3 Å². The first-order valence-corrected chi connectivity index (χ1v) is 9.79. The fraction of sp³-hybridized carbons (Fsp3) is 0.400. The zero-order valence-electron chi connectivity index (χ0n) is 16.3. The molecule has 0 saturated carbocycles. The molecule has 2 aliphatic heterocycles. The van der Waals surface area contributed by atoms with Gasteiger partial charge in [-0.15, -0.1) is 0 Å². The first-order chi connectivity index (χ1) is 14.5. The van der Waals surface area contributed by atoms with E-state index in [0.717, 1.165) is 5.56 Å². The molecule has 1 aromatic carbocycles. The lowest BCUT2D eigenvalue weighted by atomic mass is 10.0. The van der Waals surface area contributed by atoms with Crippen molar-refractivity contribution in [1.29, 1.82) is 0 Å². The quantitative estimate of drug-likeness (QED) is 0.755. The van der Waals surface area contributed by atoms with Crippen LogP contribution in [0.25, 0.3) is 0 Å². The fourth-order valence-corrected chi connectivity index (χ4v) is 3.62. The van der Waals surface area contributed by atoms with E-state index in [0.29, 0.717) is 56.3 Å². The summed E-state index contributed by atoms with van der Waals surface area (Å²) >= 11 is 0. The number of nitrogens with zero attached hydrogens (tertiary/aromatic N) is 3. The molecular weight excluding hydrogens is 393 g/mol. The molecule has 0 unspecified atom stereocenters. The summed E-state index contributed by atoms with van der Waals surface area (Å²) in [5.74, 6) is -0.644. The van der Waals surface area contributed by atoms with Gasteiger partial charge in [0.05, 0.1) is 12.2 Å². The van der Waals surface area contributed by atoms with Gasteiger partial charge in [0.25, 0.3) is 11.8 Å². The van der Waals surface area contributed by atoms with Crippen molar-refractivity contribution in [2.24, 2.45) is 0 Å². The Morgan fingerprint density at radius 2 is 2.00 bits per heavy atom. The van der Waals surface area contributed by atoms with Crippen LogP contribution in [0.3, 0.4) is 0 Å². The second-order valence-electron chi connectivity index (χ2n) is 7.23. The van der Waals surface area contributed by atoms with Gasteiger partial charge in [0, 0.05) is 44.2 Å². The molecule has 2 aromatic rings. The van der Waals surface area contributed by atoms with Gasteiger partial charge in [-0.05, 0) is 18.6 Å². The van der Waals surface area contributed by atoms with Crippen molar-refractivity contribution in [2.45, 2.75) is 19.4 Å². The van der Waals surface area contributed by atoms with Crippen molar-refractivity contribution >= 4 is 17.7 Å². The summed E-state index contributed by atoms with van der Waals surface area (Å²) in [6.07, 6.45) is 0.760. The minimum Gasteiger partial charge on any atom is -0.484 e. The Hall–Kier alpha value is -3.43. The second kappa shape index (κ2) is 8.52. The molecule has 1 aromatic heterocycles. The van der Waals surface area contributed by atoms with E-state index >= 15 is 0 Å². The van der Waals surface area contributed by atoms with Crippen molar-refractivity contribution in [3.8, 4) is 5.75 Å². The summed E-state index contributed by atoms with van der Waals surface area (Å²) in [4.78, 5) is 40.1. The Morgan fingerprint density at radius 3 is 2.83 bits per heavy atom. The molecule has 1 fully saturated rings. The van der Waals surface area contributed by atoms with Crippen LogP contribution in [0.5, 0.6) is 5.75 Å². The lowest BCUT2D eigenvalue weighted by Crippen LogP contribution is -2.39. The molecule has 0 radical (unpaired) electrons. The van der Waals surface area contributed by atoms with Gasteiger partial charge in [-0.1, -0.05) is 6.07 Å². The third-order valence-electron chi connectivity index (χ3n) is 5.25. The van der Waals surface area contributed by atoms with Gasteiger partial charge >= 0.3 is 0 Å². The minimum absolute atomic E-state index is 0.0658. The van der Waals surface area contributed by atoms with E-state index in [9.17, 15) is 18.8 Å². The number of carbonyl (C=O) groups excluding carboxylic acids is 3. The molecule has 10 heteroatoms. The van der Waals surface area contributed by atoms with Crippen molar-refractivity contribution in [1.82, 2.24) is 25.3 Å². The Bertz CT molecular complexity index is 976. The summed E-state index contributed by atoms with van der Waals surface area (Å²) in [5, 5.41) is 9.80. The number of benzene rings is 1. The van der Waals surface area contributed by atoms with E-state index in [4.69, 9.17) is 4.74 Å². The topological polar surface area (TPSA) is 108 Å². The van der Waals surface area contributed by atoms with Crippen molar-refractivity contribution in [3.05, 3.63) is 47.0 Å². The van der Waals surface area contributed by atoms with E-state index in [1.54, 1.807) is 15.9 Å². The highest BCUT2D eigenvalue weighted by Crippen LogP contribution is 2.22. The fourth-order valence-electron chi connectivity index (χ4n) is 3.62. The van der Waals surface area contributed by atoms with E-state index in [-0.39, 0.29) is 30.7 Å². The Labute approximate surface area is 172 Å². The maximum absolute atomic E-state index is 13.2. The zero-order chi connectivity index (χ0) is 21.1. The second-order valence-corrected chi connectivity index (χ2v) is 7.23. The first-order valence-electron chi connectivity index (χ1n) is 9.79. The third kappa shape index (κ3) is 4.27. The molecule has 3 heterocycles. The van der Waals surface area contributed by atoms with E-state index < -0.39 is 5.82 Å². The molecule has 1 saturated heterocycles. The SMILES string of the molecule is O=C1CCN(C(=O)c2n[nH]c3c2CCN(C(=O)COc2cccc(F)c2)C3)CCN1. The van der Waals surface area contributed by atoms with E-state index in [1.165, 1.54) is 18.2 Å². The maximum atomic E-state index is 13.2. The number of nitrogens with one attached hydrogen (secondary N) is 2. The smallest absolute Gasteiger partial charge is 0.274 e. The number of ether oxygens (including phenoxy) is 1. The summed E-state index contributed by atoms with van der Waals surface area (Å²) < 4.78 is 18.6. The normalized spacial score (nSPS) is 16.5. The number of carbonyl (C=O) groups is 3. The highest BCUT2D eigenvalue weighted by Gasteiger charge is 2.30. The number of aromatic amines is 1. The highest BCUT2D eigenvalue weighted by atomic mass is 19.1. The lowest BCUT2D eigenvalue weighted by molar-refractivity contribution is -0.134. The van der Waals surface area contributed by atoms with E-state index in [2.05, 4.69) is 15.5 Å². The third-order valence-corrected chi connectivity index (χ3v) is 5.25. The summed E-state index contributed by atoms with van der Waals surface area (Å²) in [6, 6.07) is 5.63. The summed E-state index contributed by atoms with van der Waals surface area (Å²) in [5.41, 5.74) is 1.87. The number of fused-ring (bicyclic) bond motifs is 1. The van der Waals surface area contributed by atoms with Gasteiger partial charge in [-0.2, -0.15) is 5.10 Å². The van der Waals surface area contributed by atoms with Crippen LogP contribution in [-0.4, -0.2) is 70.5 Å². The molecule has 158 valence electrons. The predicted octanol–water partition coefficient (Wildman–Crippen LogP) is 0.475. The van der Waals surface area contributed by atoms with Gasteiger partial charge in [0.2, 0.25) is 5.91 Å². The molecule has 3 amide bonds. The Morgan fingerprint density at radius 1 is 1.17 bits per heavy atom. The molecule has 30 heavy (non-hydrogen) atoms. The zero-order valence-corrected chi connectivity index (χ0v) is 16.3. The van der Waals surface area contributed by atoms with Crippen molar-refractivity contribution in [2.75, 3.05) is 32.8 Å². The van der Waals surface area contributed by atoms with Crippen LogP contribution in [-0.2, 0) is 22.6 Å². The van der Waals surface area contributed by atoms with Crippen LogP contribution in [0.1, 0.15) is 28.2 Å². The average Bonchev–Trinajstić information content (AvgIpc) is 3.04. The molecule has 0 aliphatic carbocycles. The average molecular weight is 415 g/mol. The molecule has 9 nitrogen and oxygen atoms in total. The van der Waals surface area contributed by atoms with Crippen molar-refractivity contribution in [3.63, 3.8) is 0 Å². The maximum Gasteiger partial charge on any atom is 0.274 e. The van der Waals surface area contributed by atoms with Crippen LogP contribution in [0.15, 0.2) is 24.3 Å². The van der Waals surface area contributed by atoms with Crippen LogP contribution in [0.2, 0.25) is 0 Å². The number of halogens is 1. The monoisotopic (exact) mass is 415 g/mol. The number of rotatable bonds is 4. The predicted molar refractivity (Wildman–Crippen MR) is 103 cm³/mol. The van der Waals surface area contributed by atoms with Crippen molar-refractivity contribution < 1.29 is 23.5 Å². The van der Waals surface area contributed by atoms with Crippen LogP contribution in [0, 0.1) is 5.82 Å². The van der Waals surface area contributed by atoms with Gasteiger partial charge < -0.3 is 19.9 Å². The standard InChI is InChI=1S/C20H22FN5O4/c21-13-2-1-3-14(10-13)30-12-18(28)26-7-4-15-16(11-26)23-24-19(15)20(29)25-8-5-17(27)22-6-9-25/h1-3,10H,4-9,11-12H2,(H,22,27)(H,23,24). The number of H-pyrrole nitrogens is 1. The molecule has 0 atom stereocenters. The summed E-state index contributed by atoms with van der Waals surface area (Å²) in [7, 11) is 0. The minimum atomic E-state index is -0.429. The number of aromatic nitrogens is 2.